The highest BCUT2D eigenvalue weighted by Gasteiger charge is 2.71. The van der Waals surface area contributed by atoms with Crippen molar-refractivity contribution in [1.29, 1.82) is 0 Å². The average Bonchev–Trinajstić information content (AvgIpc) is 3.53. The predicted octanol–water partition coefficient (Wildman–Crippen LogP) is 6.86. The number of esters is 2. The maximum Gasteiger partial charge on any atom is 0.333 e. The van der Waals surface area contributed by atoms with E-state index in [0.29, 0.717) is 42.7 Å². The minimum absolute atomic E-state index is 0.0302. The van der Waals surface area contributed by atoms with Crippen molar-refractivity contribution < 1.29 is 24.2 Å². The average molecular weight is 584 g/mol. The normalized spacial score (nSPS) is 44.5. The number of ether oxygens (including phenoxy) is 2. The molecule has 1 aliphatic heterocycles. The van der Waals surface area contributed by atoms with Crippen LogP contribution in [0.4, 0.5) is 0 Å². The fraction of sp³-hybridized carbons (Fsp3) is 0.833. The summed E-state index contributed by atoms with van der Waals surface area (Å²) in [7, 11) is 1.44. The summed E-state index contributed by atoms with van der Waals surface area (Å²) in [5, 5.41) is 12.2. The lowest BCUT2D eigenvalue weighted by atomic mass is 9.36. The Morgan fingerprint density at radius 1 is 1.05 bits per heavy atom. The number of nitrogens with zero attached hydrogens (tertiary/aromatic N) is 1. The van der Waals surface area contributed by atoms with Crippen molar-refractivity contribution in [3.8, 4) is 0 Å². The first-order valence-electron chi connectivity index (χ1n) is 16.8. The highest BCUT2D eigenvalue weighted by molar-refractivity contribution is 5.90. The second-order valence-corrected chi connectivity index (χ2v) is 15.6. The lowest BCUT2D eigenvalue weighted by Gasteiger charge is -2.69. The summed E-state index contributed by atoms with van der Waals surface area (Å²) in [6, 6.07) is 0.664. The monoisotopic (exact) mass is 583 g/mol. The molecule has 5 fully saturated rings. The molecule has 0 amide bonds. The molecule has 5 rings (SSSR count). The van der Waals surface area contributed by atoms with Crippen LogP contribution in [0.3, 0.4) is 0 Å². The third-order valence-corrected chi connectivity index (χ3v) is 13.4. The third-order valence-electron chi connectivity index (χ3n) is 13.4. The molecule has 6 nitrogen and oxygen atoms in total. The van der Waals surface area contributed by atoms with Crippen LogP contribution >= 0.6 is 0 Å². The van der Waals surface area contributed by atoms with Crippen molar-refractivity contribution in [3.05, 3.63) is 22.8 Å². The first-order valence-corrected chi connectivity index (χ1v) is 16.8. The molecule has 6 heteroatoms. The van der Waals surface area contributed by atoms with Crippen LogP contribution in [0.5, 0.6) is 0 Å². The molecule has 10 atom stereocenters. The highest BCUT2D eigenvalue weighted by Crippen LogP contribution is 2.74. The number of fused-ring (bicyclic) bond motifs is 5. The molecule has 1 unspecified atom stereocenters. The number of rotatable bonds is 6. The van der Waals surface area contributed by atoms with Gasteiger partial charge in [0.05, 0.1) is 13.2 Å². The molecule has 0 radical (unpaired) electrons. The molecule has 1 N–H and O–H groups in total. The largest absolute Gasteiger partial charge is 0.466 e. The van der Waals surface area contributed by atoms with E-state index in [-0.39, 0.29) is 40.0 Å². The molecule has 1 saturated heterocycles. The summed E-state index contributed by atoms with van der Waals surface area (Å²) < 4.78 is 11.4. The summed E-state index contributed by atoms with van der Waals surface area (Å²) in [6.45, 7) is 17.9. The standard InChI is InChI=1S/C36H57NO5/c1-22(2)12-11-13-25(33(40)41-8)31-27-20-29(39)32-34(5)16-15-28(37-18-9-10-19-37)23(3)26(34)14-17-35(32,6)36(27,7)21-30(31)42-24(4)38/h12,23,26-30,32,39H,9-11,13-21H2,1-8H3/b31-25-/t23-,26?,27+,28-,29+,30-,32+,34-,35-,36-/m0/s1. The molecule has 0 aromatic rings. The Labute approximate surface area is 254 Å². The smallest absolute Gasteiger partial charge is 0.333 e. The van der Waals surface area contributed by atoms with Gasteiger partial charge in [-0.2, -0.15) is 0 Å². The SMILES string of the molecule is COC(=O)/C(CCC=C(C)C)=C1\[C@@H](OC(C)=O)C[C@@]2(C)[C@@H]1C[C@@H](O)[C@@H]1[C@@]3(C)CC[C@H](N4CCCC4)[C@@H](C)C3CC[C@@]12C. The van der Waals surface area contributed by atoms with Gasteiger partial charge in [0.25, 0.3) is 0 Å². The number of methoxy groups -OCH3 is 1. The van der Waals surface area contributed by atoms with Crippen LogP contribution in [-0.2, 0) is 19.1 Å². The maximum absolute atomic E-state index is 13.3. The van der Waals surface area contributed by atoms with Gasteiger partial charge in [0.1, 0.15) is 6.10 Å². The van der Waals surface area contributed by atoms with Crippen LogP contribution in [-0.4, -0.2) is 60.4 Å². The summed E-state index contributed by atoms with van der Waals surface area (Å²) in [5.74, 6) is 0.715. The third kappa shape index (κ3) is 5.01. The molecule has 1 heterocycles. The molecule has 4 aliphatic carbocycles. The van der Waals surface area contributed by atoms with E-state index in [9.17, 15) is 14.7 Å². The Hall–Kier alpha value is -1.66. The molecular weight excluding hydrogens is 526 g/mol. The molecule has 0 bridgehead atoms. The number of allylic oxidation sites excluding steroid dienone is 2. The number of aliphatic hydroxyl groups excluding tert-OH is 1. The van der Waals surface area contributed by atoms with Gasteiger partial charge in [0, 0.05) is 18.5 Å². The first-order chi connectivity index (χ1) is 19.8. The Balaban J connectivity index is 1.55. The quantitative estimate of drug-likeness (QED) is 0.209. The second kappa shape index (κ2) is 11.7. The van der Waals surface area contributed by atoms with Crippen molar-refractivity contribution >= 4 is 11.9 Å². The summed E-state index contributed by atoms with van der Waals surface area (Å²) in [6.07, 6.45) is 11.1. The fourth-order valence-electron chi connectivity index (χ4n) is 11.5. The molecule has 4 saturated carbocycles. The number of hydrogen-bond acceptors (Lipinski definition) is 6. The van der Waals surface area contributed by atoms with Gasteiger partial charge in [0.15, 0.2) is 0 Å². The zero-order valence-corrected chi connectivity index (χ0v) is 27.6. The molecule has 0 aromatic carbocycles. The Bertz CT molecular complexity index is 1120. The van der Waals surface area contributed by atoms with E-state index in [0.717, 1.165) is 24.8 Å². The van der Waals surface area contributed by atoms with E-state index in [1.165, 1.54) is 58.4 Å². The number of carbonyl (C=O) groups excluding carboxylic acids is 2. The zero-order valence-electron chi connectivity index (χ0n) is 27.6. The van der Waals surface area contributed by atoms with Gasteiger partial charge in [-0.3, -0.25) is 4.79 Å². The van der Waals surface area contributed by atoms with E-state index >= 15 is 0 Å². The summed E-state index contributed by atoms with van der Waals surface area (Å²) in [5.41, 5.74) is 2.49. The number of carbonyl (C=O) groups is 2. The van der Waals surface area contributed by atoms with E-state index in [1.807, 2.05) is 0 Å². The first kappa shape index (κ1) is 31.8. The minimum Gasteiger partial charge on any atom is -0.466 e. The summed E-state index contributed by atoms with van der Waals surface area (Å²) in [4.78, 5) is 28.5. The van der Waals surface area contributed by atoms with E-state index in [4.69, 9.17) is 9.47 Å². The van der Waals surface area contributed by atoms with Gasteiger partial charge in [-0.15, -0.1) is 0 Å². The molecule has 0 spiro atoms. The van der Waals surface area contributed by atoms with Crippen molar-refractivity contribution in [2.75, 3.05) is 20.2 Å². The van der Waals surface area contributed by atoms with Gasteiger partial charge < -0.3 is 19.5 Å². The Kier molecular flexibility index (Phi) is 8.84. The van der Waals surface area contributed by atoms with Crippen LogP contribution < -0.4 is 0 Å². The highest BCUT2D eigenvalue weighted by atomic mass is 16.5. The lowest BCUT2D eigenvalue weighted by Crippen LogP contribution is -2.66. The molecular formula is C36H57NO5. The maximum atomic E-state index is 13.3. The van der Waals surface area contributed by atoms with Crippen LogP contribution in [0, 0.1) is 39.9 Å². The van der Waals surface area contributed by atoms with Gasteiger partial charge in [0.2, 0.25) is 0 Å². The summed E-state index contributed by atoms with van der Waals surface area (Å²) >= 11 is 0. The van der Waals surface area contributed by atoms with Crippen LogP contribution in [0.1, 0.15) is 113 Å². The predicted molar refractivity (Wildman–Crippen MR) is 166 cm³/mol. The Morgan fingerprint density at radius 3 is 2.36 bits per heavy atom. The second-order valence-electron chi connectivity index (χ2n) is 15.6. The van der Waals surface area contributed by atoms with E-state index < -0.39 is 12.2 Å². The number of hydrogen-bond donors (Lipinski definition) is 1. The lowest BCUT2D eigenvalue weighted by molar-refractivity contribution is -0.230. The zero-order chi connectivity index (χ0) is 30.6. The minimum atomic E-state index is -0.462. The van der Waals surface area contributed by atoms with Gasteiger partial charge in [-0.25, -0.2) is 4.79 Å². The van der Waals surface area contributed by atoms with Gasteiger partial charge >= 0.3 is 11.9 Å². The number of likely N-dealkylation sites (tertiary alicyclic amines) is 1. The molecule has 0 aromatic heterocycles. The molecule has 5 aliphatic rings. The molecule has 236 valence electrons. The van der Waals surface area contributed by atoms with E-state index in [2.05, 4.69) is 52.5 Å². The van der Waals surface area contributed by atoms with Crippen molar-refractivity contribution in [2.24, 2.45) is 39.9 Å². The van der Waals surface area contributed by atoms with Crippen LogP contribution in [0.25, 0.3) is 0 Å². The molecule has 42 heavy (non-hydrogen) atoms. The van der Waals surface area contributed by atoms with Crippen LogP contribution in [0.15, 0.2) is 22.8 Å². The van der Waals surface area contributed by atoms with E-state index in [1.54, 1.807) is 0 Å². The van der Waals surface area contributed by atoms with Crippen molar-refractivity contribution in [3.63, 3.8) is 0 Å². The Morgan fingerprint density at radius 2 is 1.74 bits per heavy atom. The van der Waals surface area contributed by atoms with Gasteiger partial charge in [-0.05, 0) is 137 Å². The topological polar surface area (TPSA) is 76.1 Å². The van der Waals surface area contributed by atoms with Crippen molar-refractivity contribution in [2.45, 2.75) is 131 Å². The van der Waals surface area contributed by atoms with Crippen LogP contribution in [0.2, 0.25) is 0 Å². The van der Waals surface area contributed by atoms with Crippen molar-refractivity contribution in [1.82, 2.24) is 4.90 Å². The fourth-order valence-corrected chi connectivity index (χ4v) is 11.5. The van der Waals surface area contributed by atoms with Gasteiger partial charge in [-0.1, -0.05) is 39.3 Å². The number of aliphatic hydroxyl groups is 1.